The maximum Gasteiger partial charge on any atom is 0.254 e. The number of aromatic nitrogens is 1. The summed E-state index contributed by atoms with van der Waals surface area (Å²) in [7, 11) is 1.52. The van der Waals surface area contributed by atoms with Gasteiger partial charge < -0.3 is 25.1 Å². The summed E-state index contributed by atoms with van der Waals surface area (Å²) >= 11 is 2.49. The standard InChI is InChI=1S/C24H21N5O4S2/c1-14-20(22(31)28-16-6-3-4-7-17(16)32-2)21(18-8-5-10-33-18)15(12-25)23(27-14)35-13-19(30)29-24-26-9-11-34-24/h3-11,21,27H,13H2,1-2H3,(H,28,31)(H,26,29,30)/t21-/m1/s1. The largest absolute Gasteiger partial charge is 0.495 e. The monoisotopic (exact) mass is 507 g/mol. The number of dihydropyridines is 1. The molecule has 3 heterocycles. The lowest BCUT2D eigenvalue weighted by molar-refractivity contribution is -0.114. The van der Waals surface area contributed by atoms with Crippen LogP contribution in [0.2, 0.25) is 0 Å². The van der Waals surface area contributed by atoms with Crippen LogP contribution in [-0.4, -0.2) is 29.7 Å². The normalized spacial score (nSPS) is 15.3. The first-order chi connectivity index (χ1) is 17.0. The Hall–Kier alpha value is -4.01. The van der Waals surface area contributed by atoms with Crippen molar-refractivity contribution in [1.82, 2.24) is 10.3 Å². The SMILES string of the molecule is COc1ccccc1NC(=O)C1=C(C)NC(SCC(=O)Nc2nccs2)=C(C#N)[C@@H]1c1ccco1. The van der Waals surface area contributed by atoms with Crippen molar-refractivity contribution >= 4 is 45.7 Å². The smallest absolute Gasteiger partial charge is 0.254 e. The number of thioether (sulfide) groups is 1. The van der Waals surface area contributed by atoms with Crippen LogP contribution in [0, 0.1) is 11.3 Å². The zero-order valence-electron chi connectivity index (χ0n) is 18.8. The van der Waals surface area contributed by atoms with E-state index in [4.69, 9.17) is 9.15 Å². The van der Waals surface area contributed by atoms with E-state index < -0.39 is 11.8 Å². The predicted molar refractivity (Wildman–Crippen MR) is 135 cm³/mol. The molecule has 178 valence electrons. The number of thiazole rings is 1. The summed E-state index contributed by atoms with van der Waals surface area (Å²) in [6.07, 6.45) is 3.10. The number of rotatable bonds is 8. The Balaban J connectivity index is 1.61. The van der Waals surface area contributed by atoms with Gasteiger partial charge in [-0.1, -0.05) is 23.9 Å². The second-order valence-corrected chi connectivity index (χ2v) is 9.18. The molecule has 2 aromatic heterocycles. The minimum atomic E-state index is -0.754. The number of amides is 2. The van der Waals surface area contributed by atoms with Gasteiger partial charge >= 0.3 is 0 Å². The van der Waals surface area contributed by atoms with Crippen molar-refractivity contribution < 1.29 is 18.7 Å². The predicted octanol–water partition coefficient (Wildman–Crippen LogP) is 4.45. The number of methoxy groups -OCH3 is 1. The number of hydrogen-bond acceptors (Lipinski definition) is 9. The number of carbonyl (C=O) groups is 2. The number of nitrogens with zero attached hydrogens (tertiary/aromatic N) is 2. The van der Waals surface area contributed by atoms with Crippen molar-refractivity contribution in [2.24, 2.45) is 0 Å². The molecule has 0 saturated heterocycles. The van der Waals surface area contributed by atoms with E-state index in [0.717, 1.165) is 0 Å². The molecule has 3 N–H and O–H groups in total. The third kappa shape index (κ3) is 5.40. The highest BCUT2D eigenvalue weighted by atomic mass is 32.2. The molecule has 0 spiro atoms. The van der Waals surface area contributed by atoms with E-state index in [-0.39, 0.29) is 17.2 Å². The maximum absolute atomic E-state index is 13.4. The van der Waals surface area contributed by atoms with Crippen LogP contribution in [0.3, 0.4) is 0 Å². The Kier molecular flexibility index (Phi) is 7.54. The van der Waals surface area contributed by atoms with E-state index in [1.165, 1.54) is 36.5 Å². The van der Waals surface area contributed by atoms with Crippen molar-refractivity contribution in [3.05, 3.63) is 81.9 Å². The zero-order valence-corrected chi connectivity index (χ0v) is 20.5. The Bertz CT molecular complexity index is 1320. The lowest BCUT2D eigenvalue weighted by Crippen LogP contribution is -2.31. The van der Waals surface area contributed by atoms with Crippen LogP contribution < -0.4 is 20.7 Å². The molecule has 2 amide bonds. The van der Waals surface area contributed by atoms with Gasteiger partial charge in [0.1, 0.15) is 11.5 Å². The Morgan fingerprint density at radius 3 is 2.80 bits per heavy atom. The summed E-state index contributed by atoms with van der Waals surface area (Å²) in [6, 6.07) is 12.7. The van der Waals surface area contributed by atoms with Crippen molar-refractivity contribution in [2.75, 3.05) is 23.5 Å². The average molecular weight is 508 g/mol. The van der Waals surface area contributed by atoms with Crippen LogP contribution in [0.5, 0.6) is 5.75 Å². The molecule has 0 bridgehead atoms. The van der Waals surface area contributed by atoms with Gasteiger partial charge in [0.05, 0.1) is 53.0 Å². The van der Waals surface area contributed by atoms with E-state index in [9.17, 15) is 14.9 Å². The molecular weight excluding hydrogens is 486 g/mol. The molecule has 0 radical (unpaired) electrons. The highest BCUT2D eigenvalue weighted by molar-refractivity contribution is 8.03. The second-order valence-electron chi connectivity index (χ2n) is 7.30. The van der Waals surface area contributed by atoms with Crippen LogP contribution >= 0.6 is 23.1 Å². The van der Waals surface area contributed by atoms with Gasteiger partial charge in [-0.3, -0.25) is 9.59 Å². The third-order valence-electron chi connectivity index (χ3n) is 5.10. The van der Waals surface area contributed by atoms with E-state index in [1.54, 1.807) is 54.9 Å². The Morgan fingerprint density at radius 2 is 2.11 bits per heavy atom. The second kappa shape index (κ2) is 10.9. The third-order valence-corrected chi connectivity index (χ3v) is 6.81. The lowest BCUT2D eigenvalue weighted by atomic mass is 9.85. The van der Waals surface area contributed by atoms with Crippen molar-refractivity contribution in [1.29, 1.82) is 5.26 Å². The molecule has 0 fully saturated rings. The first-order valence-electron chi connectivity index (χ1n) is 10.4. The number of ether oxygens (including phenoxy) is 1. The summed E-state index contributed by atoms with van der Waals surface area (Å²) in [5.41, 5.74) is 1.66. The molecule has 0 unspecified atom stereocenters. The number of nitrogens with one attached hydrogen (secondary N) is 3. The lowest BCUT2D eigenvalue weighted by Gasteiger charge is -2.28. The van der Waals surface area contributed by atoms with E-state index in [1.807, 2.05) is 0 Å². The number of anilines is 2. The van der Waals surface area contributed by atoms with Crippen LogP contribution in [0.1, 0.15) is 18.6 Å². The molecule has 1 atom stereocenters. The summed E-state index contributed by atoms with van der Waals surface area (Å²) in [6.45, 7) is 1.75. The molecule has 9 nitrogen and oxygen atoms in total. The van der Waals surface area contributed by atoms with Gasteiger partial charge in [-0.15, -0.1) is 11.3 Å². The van der Waals surface area contributed by atoms with Gasteiger partial charge in [0.15, 0.2) is 5.13 Å². The van der Waals surface area contributed by atoms with Crippen LogP contribution in [0.25, 0.3) is 0 Å². The van der Waals surface area contributed by atoms with E-state index >= 15 is 0 Å². The van der Waals surface area contributed by atoms with Crippen LogP contribution in [-0.2, 0) is 9.59 Å². The first-order valence-corrected chi connectivity index (χ1v) is 12.3. The fourth-order valence-electron chi connectivity index (χ4n) is 3.58. The van der Waals surface area contributed by atoms with Crippen molar-refractivity contribution in [3.63, 3.8) is 0 Å². The van der Waals surface area contributed by atoms with Gasteiger partial charge in [-0.05, 0) is 31.2 Å². The number of hydrogen-bond donors (Lipinski definition) is 3. The quantitative estimate of drug-likeness (QED) is 0.408. The highest BCUT2D eigenvalue weighted by Gasteiger charge is 2.36. The topological polar surface area (TPSA) is 129 Å². The molecule has 0 saturated carbocycles. The van der Waals surface area contributed by atoms with E-state index in [2.05, 4.69) is 27.0 Å². The maximum atomic E-state index is 13.4. The van der Waals surface area contributed by atoms with Crippen LogP contribution in [0.15, 0.2) is 80.5 Å². The number of carbonyl (C=O) groups excluding carboxylic acids is 2. The molecule has 1 aliphatic rings. The van der Waals surface area contributed by atoms with E-state index in [0.29, 0.717) is 38.6 Å². The highest BCUT2D eigenvalue weighted by Crippen LogP contribution is 2.41. The van der Waals surface area contributed by atoms with Gasteiger partial charge in [-0.2, -0.15) is 5.26 Å². The fraction of sp³-hybridized carbons (Fsp3) is 0.167. The molecule has 3 aromatic rings. The summed E-state index contributed by atoms with van der Waals surface area (Å²) in [4.78, 5) is 29.9. The molecule has 0 aliphatic carbocycles. The number of nitriles is 1. The number of allylic oxidation sites excluding steroid dienone is 2. The molecular formula is C24H21N5O4S2. The van der Waals surface area contributed by atoms with Crippen molar-refractivity contribution in [2.45, 2.75) is 12.8 Å². The number of para-hydroxylation sites is 2. The molecule has 4 rings (SSSR count). The molecule has 35 heavy (non-hydrogen) atoms. The summed E-state index contributed by atoms with van der Waals surface area (Å²) < 4.78 is 11.0. The summed E-state index contributed by atoms with van der Waals surface area (Å²) in [5.74, 6) is -0.412. The van der Waals surface area contributed by atoms with Gasteiger partial charge in [0.2, 0.25) is 5.91 Å². The Morgan fingerprint density at radius 1 is 1.29 bits per heavy atom. The van der Waals surface area contributed by atoms with Crippen LogP contribution in [0.4, 0.5) is 10.8 Å². The molecule has 11 heteroatoms. The zero-order chi connectivity index (χ0) is 24.8. The minimum absolute atomic E-state index is 0.0496. The fourth-order valence-corrected chi connectivity index (χ4v) is 5.02. The minimum Gasteiger partial charge on any atom is -0.495 e. The van der Waals surface area contributed by atoms with Gasteiger partial charge in [0.25, 0.3) is 5.91 Å². The molecule has 1 aromatic carbocycles. The first kappa shape index (κ1) is 24.1. The van der Waals surface area contributed by atoms with Gasteiger partial charge in [-0.25, -0.2) is 4.98 Å². The molecule has 1 aliphatic heterocycles. The average Bonchev–Trinajstić information content (AvgIpc) is 3.57. The Labute approximate surface area is 209 Å². The van der Waals surface area contributed by atoms with Gasteiger partial charge in [0, 0.05) is 17.3 Å². The summed E-state index contributed by atoms with van der Waals surface area (Å²) in [5, 5.41) is 21.6. The number of benzene rings is 1. The number of furan rings is 1. The van der Waals surface area contributed by atoms with Crippen molar-refractivity contribution in [3.8, 4) is 11.8 Å².